The molecular weight excluding hydrogens is 373 g/mol. The van der Waals surface area contributed by atoms with Crippen molar-refractivity contribution in [3.8, 4) is 11.8 Å². The van der Waals surface area contributed by atoms with Crippen LogP contribution in [0.2, 0.25) is 0 Å². The minimum Gasteiger partial charge on any atom is -0.382 e. The smallest absolute Gasteiger partial charge is 0.224 e. The minimum atomic E-state index is -0.396. The molecule has 0 bridgehead atoms. The molecular formula is C19H16FN9. The van der Waals surface area contributed by atoms with Gasteiger partial charge in [0.2, 0.25) is 5.95 Å². The third-order valence-corrected chi connectivity index (χ3v) is 4.41. The Hall–Kier alpha value is -4.26. The quantitative estimate of drug-likeness (QED) is 0.483. The molecule has 0 amide bonds. The summed E-state index contributed by atoms with van der Waals surface area (Å²) >= 11 is 0. The average molecular weight is 389 g/mol. The van der Waals surface area contributed by atoms with Gasteiger partial charge in [0.15, 0.2) is 5.82 Å². The fourth-order valence-corrected chi connectivity index (χ4v) is 3.10. The van der Waals surface area contributed by atoms with Gasteiger partial charge < -0.3 is 16.8 Å². The van der Waals surface area contributed by atoms with Crippen LogP contribution >= 0.6 is 0 Å². The molecule has 1 atom stereocenters. The molecule has 0 aliphatic carbocycles. The Kier molecular flexibility index (Phi) is 4.40. The van der Waals surface area contributed by atoms with Crippen molar-refractivity contribution in [2.24, 2.45) is 0 Å². The van der Waals surface area contributed by atoms with Crippen LogP contribution in [0.5, 0.6) is 0 Å². The van der Waals surface area contributed by atoms with Crippen LogP contribution in [-0.4, -0.2) is 24.7 Å². The molecule has 1 unspecified atom stereocenters. The first-order valence-corrected chi connectivity index (χ1v) is 8.66. The Labute approximate surface area is 164 Å². The van der Waals surface area contributed by atoms with Crippen molar-refractivity contribution < 1.29 is 4.39 Å². The summed E-state index contributed by atoms with van der Waals surface area (Å²) in [6, 6.07) is 9.58. The maximum Gasteiger partial charge on any atom is 0.224 e. The van der Waals surface area contributed by atoms with Crippen LogP contribution in [0.3, 0.4) is 0 Å². The Balaban J connectivity index is 1.82. The van der Waals surface area contributed by atoms with Gasteiger partial charge in [-0.1, -0.05) is 0 Å². The molecule has 144 valence electrons. The van der Waals surface area contributed by atoms with Gasteiger partial charge in [-0.2, -0.15) is 20.3 Å². The van der Waals surface area contributed by atoms with E-state index in [9.17, 15) is 9.65 Å². The highest BCUT2D eigenvalue weighted by molar-refractivity contribution is 5.84. The summed E-state index contributed by atoms with van der Waals surface area (Å²) in [4.78, 5) is 11.9. The third kappa shape index (κ3) is 3.25. The first-order chi connectivity index (χ1) is 14.0. The zero-order valence-electron chi connectivity index (χ0n) is 15.3. The van der Waals surface area contributed by atoms with Gasteiger partial charge in [-0.05, 0) is 31.2 Å². The second kappa shape index (κ2) is 7.05. The molecule has 1 aromatic carbocycles. The van der Waals surface area contributed by atoms with Crippen molar-refractivity contribution in [2.75, 3.05) is 16.8 Å². The first-order valence-electron chi connectivity index (χ1n) is 8.66. The minimum absolute atomic E-state index is 0.0102. The second-order valence-electron chi connectivity index (χ2n) is 6.33. The average Bonchev–Trinajstić information content (AvgIpc) is 3.07. The fraction of sp³-hybridized carbons (Fsp3) is 0.105. The molecule has 3 aromatic heterocycles. The first kappa shape index (κ1) is 18.1. The van der Waals surface area contributed by atoms with Gasteiger partial charge in [0.25, 0.3) is 0 Å². The number of aromatic nitrogens is 5. The van der Waals surface area contributed by atoms with E-state index in [4.69, 9.17) is 11.5 Å². The van der Waals surface area contributed by atoms with Gasteiger partial charge in [0.1, 0.15) is 23.3 Å². The Morgan fingerprint density at radius 3 is 2.66 bits per heavy atom. The number of benzene rings is 1. The van der Waals surface area contributed by atoms with E-state index >= 15 is 0 Å². The van der Waals surface area contributed by atoms with Crippen molar-refractivity contribution >= 4 is 28.5 Å². The summed E-state index contributed by atoms with van der Waals surface area (Å²) < 4.78 is 15.6. The number of nitrogens with zero attached hydrogens (tertiary/aromatic N) is 6. The molecule has 0 spiro atoms. The van der Waals surface area contributed by atoms with Crippen LogP contribution in [0.4, 0.5) is 22.0 Å². The second-order valence-corrected chi connectivity index (χ2v) is 6.33. The number of halogens is 1. The lowest BCUT2D eigenvalue weighted by molar-refractivity contribution is 0.629. The van der Waals surface area contributed by atoms with E-state index in [1.807, 2.05) is 13.0 Å². The van der Waals surface area contributed by atoms with Crippen LogP contribution in [0.15, 0.2) is 42.7 Å². The number of nitrogens with one attached hydrogen (secondary N) is 1. The zero-order valence-corrected chi connectivity index (χ0v) is 15.3. The lowest BCUT2D eigenvalue weighted by Gasteiger charge is -2.15. The zero-order chi connectivity index (χ0) is 20.5. The van der Waals surface area contributed by atoms with Gasteiger partial charge in [-0.3, -0.25) is 4.98 Å². The van der Waals surface area contributed by atoms with E-state index in [0.717, 1.165) is 11.1 Å². The molecule has 0 radical (unpaired) electrons. The maximum absolute atomic E-state index is 13.9. The topological polar surface area (TPSA) is 144 Å². The standard InChI is InChI=1S/C19H16FN9/c1-10(25-18-14(9-21)17(22)26-19(23)27-18)16-13-3-2-11(20)8-15(13)29(28-16)12-4-6-24-7-5-12/h2-8,10H,1H3,(H5,22,23,25,26,27). The molecule has 0 saturated heterocycles. The molecule has 9 nitrogen and oxygen atoms in total. The number of nitriles is 1. The highest BCUT2D eigenvalue weighted by atomic mass is 19.1. The van der Waals surface area contributed by atoms with Crippen molar-refractivity contribution in [1.82, 2.24) is 24.7 Å². The maximum atomic E-state index is 13.9. The highest BCUT2D eigenvalue weighted by Crippen LogP contribution is 2.30. The van der Waals surface area contributed by atoms with Gasteiger partial charge in [-0.25, -0.2) is 9.07 Å². The SMILES string of the molecule is CC(Nc1nc(N)nc(N)c1C#N)c1nn(-c2ccncc2)c2cc(F)ccc12. The van der Waals surface area contributed by atoms with Crippen LogP contribution in [-0.2, 0) is 0 Å². The molecule has 10 heteroatoms. The number of rotatable bonds is 4. The molecule has 3 heterocycles. The number of nitrogens with two attached hydrogens (primary N) is 2. The Morgan fingerprint density at radius 1 is 1.17 bits per heavy atom. The fourth-order valence-electron chi connectivity index (χ4n) is 3.10. The molecule has 29 heavy (non-hydrogen) atoms. The summed E-state index contributed by atoms with van der Waals surface area (Å²) in [5.41, 5.74) is 13.5. The van der Waals surface area contributed by atoms with Gasteiger partial charge in [0, 0.05) is 23.8 Å². The lowest BCUT2D eigenvalue weighted by atomic mass is 10.1. The molecule has 0 aliphatic rings. The van der Waals surface area contributed by atoms with Crippen LogP contribution in [0.1, 0.15) is 24.2 Å². The number of anilines is 3. The van der Waals surface area contributed by atoms with Crippen molar-refractivity contribution in [1.29, 1.82) is 5.26 Å². The van der Waals surface area contributed by atoms with Crippen LogP contribution < -0.4 is 16.8 Å². The largest absolute Gasteiger partial charge is 0.382 e. The number of hydrogen-bond acceptors (Lipinski definition) is 8. The number of fused-ring (bicyclic) bond motifs is 1. The van der Waals surface area contributed by atoms with Crippen LogP contribution in [0, 0.1) is 17.1 Å². The summed E-state index contributed by atoms with van der Waals surface area (Å²) in [5, 5.41) is 17.9. The molecule has 4 rings (SSSR count). The van der Waals surface area contributed by atoms with Crippen molar-refractivity contribution in [3.63, 3.8) is 0 Å². The van der Waals surface area contributed by atoms with E-state index in [-0.39, 0.29) is 29.0 Å². The van der Waals surface area contributed by atoms with Crippen LogP contribution in [0.25, 0.3) is 16.6 Å². The predicted molar refractivity (Wildman–Crippen MR) is 106 cm³/mol. The molecule has 0 aliphatic heterocycles. The summed E-state index contributed by atoms with van der Waals surface area (Å²) in [7, 11) is 0. The normalized spacial score (nSPS) is 11.9. The third-order valence-electron chi connectivity index (χ3n) is 4.41. The van der Waals surface area contributed by atoms with E-state index in [0.29, 0.717) is 11.2 Å². The molecule has 5 N–H and O–H groups in total. The monoisotopic (exact) mass is 389 g/mol. The predicted octanol–water partition coefficient (Wildman–Crippen LogP) is 2.56. The highest BCUT2D eigenvalue weighted by Gasteiger charge is 2.20. The van der Waals surface area contributed by atoms with Gasteiger partial charge in [-0.15, -0.1) is 0 Å². The van der Waals surface area contributed by atoms with E-state index in [1.165, 1.54) is 12.1 Å². The van der Waals surface area contributed by atoms with Crippen molar-refractivity contribution in [2.45, 2.75) is 13.0 Å². The number of nitrogen functional groups attached to an aromatic ring is 2. The van der Waals surface area contributed by atoms with Gasteiger partial charge in [0.05, 0.1) is 22.9 Å². The molecule has 0 fully saturated rings. The van der Waals surface area contributed by atoms with Crippen molar-refractivity contribution in [3.05, 3.63) is 59.8 Å². The molecule has 4 aromatic rings. The Bertz CT molecular complexity index is 1240. The number of hydrogen-bond donors (Lipinski definition) is 3. The van der Waals surface area contributed by atoms with E-state index in [1.54, 1.807) is 35.3 Å². The molecule has 0 saturated carbocycles. The Morgan fingerprint density at radius 2 is 1.93 bits per heavy atom. The summed E-state index contributed by atoms with van der Waals surface area (Å²) in [6.07, 6.45) is 3.27. The van der Waals surface area contributed by atoms with E-state index < -0.39 is 6.04 Å². The number of pyridine rings is 1. The lowest BCUT2D eigenvalue weighted by Crippen LogP contribution is -2.14. The summed E-state index contributed by atoms with van der Waals surface area (Å²) in [6.45, 7) is 1.84. The van der Waals surface area contributed by atoms with Gasteiger partial charge >= 0.3 is 0 Å². The summed E-state index contributed by atoms with van der Waals surface area (Å²) in [5.74, 6) is -0.226. The van der Waals surface area contributed by atoms with E-state index in [2.05, 4.69) is 25.4 Å².